The van der Waals surface area contributed by atoms with Crippen LogP contribution in [0.3, 0.4) is 0 Å². The van der Waals surface area contributed by atoms with E-state index in [4.69, 9.17) is 5.73 Å². The molecule has 0 heterocycles. The average molecular weight is 346 g/mol. The molecule has 0 radical (unpaired) electrons. The van der Waals surface area contributed by atoms with Crippen LogP contribution in [0.4, 0.5) is 0 Å². The lowest BCUT2D eigenvalue weighted by atomic mass is 9.83. The van der Waals surface area contributed by atoms with Crippen LogP contribution < -0.4 is 5.73 Å². The fourth-order valence-electron chi connectivity index (χ4n) is 3.10. The molecule has 0 saturated heterocycles. The summed E-state index contributed by atoms with van der Waals surface area (Å²) in [4.78, 5) is 0. The van der Waals surface area contributed by atoms with E-state index in [1.54, 1.807) is 0 Å². The van der Waals surface area contributed by atoms with E-state index in [0.717, 1.165) is 4.47 Å². The molecule has 2 heteroatoms. The topological polar surface area (TPSA) is 26.0 Å². The zero-order valence-electron chi connectivity index (χ0n) is 13.8. The molecule has 0 fully saturated rings. The number of nitrogens with two attached hydrogens (primary N) is 1. The third kappa shape index (κ3) is 2.79. The molecule has 1 nitrogen and oxygen atoms in total. The summed E-state index contributed by atoms with van der Waals surface area (Å²) < 4.78 is 1.08. The van der Waals surface area contributed by atoms with Gasteiger partial charge in [-0.05, 0) is 98.2 Å². The van der Waals surface area contributed by atoms with Gasteiger partial charge in [0.1, 0.15) is 0 Å². The minimum atomic E-state index is -0.0829. The summed E-state index contributed by atoms with van der Waals surface area (Å²) in [7, 11) is 0. The largest absolute Gasteiger partial charge is 0.320 e. The van der Waals surface area contributed by atoms with Crippen molar-refractivity contribution in [1.29, 1.82) is 0 Å². The van der Waals surface area contributed by atoms with Gasteiger partial charge in [-0.3, -0.25) is 0 Å². The van der Waals surface area contributed by atoms with Crippen molar-refractivity contribution in [2.45, 2.75) is 47.6 Å². The molecule has 1 atom stereocenters. The third-order valence-corrected chi connectivity index (χ3v) is 5.44. The molecule has 0 bridgehead atoms. The predicted octanol–water partition coefficient (Wildman–Crippen LogP) is 5.35. The average Bonchev–Trinajstić information content (AvgIpc) is 2.45. The van der Waals surface area contributed by atoms with Crippen molar-refractivity contribution in [2.24, 2.45) is 5.73 Å². The molecule has 0 aliphatic rings. The molecule has 2 aromatic rings. The Kier molecular flexibility index (Phi) is 4.60. The van der Waals surface area contributed by atoms with Crippen LogP contribution in [0.2, 0.25) is 0 Å². The summed E-state index contributed by atoms with van der Waals surface area (Å²) in [6, 6.07) is 6.25. The summed E-state index contributed by atoms with van der Waals surface area (Å²) in [5.74, 6) is 0. The quantitative estimate of drug-likeness (QED) is 0.780. The summed E-state index contributed by atoms with van der Waals surface area (Å²) >= 11 is 3.56. The number of benzene rings is 2. The molecule has 112 valence electrons. The van der Waals surface area contributed by atoms with Gasteiger partial charge in [0.2, 0.25) is 0 Å². The molecule has 0 aliphatic carbocycles. The zero-order valence-corrected chi connectivity index (χ0v) is 15.4. The van der Waals surface area contributed by atoms with Crippen LogP contribution in [0.5, 0.6) is 0 Å². The van der Waals surface area contributed by atoms with Crippen LogP contribution in [0.1, 0.15) is 50.5 Å². The number of hydrogen-bond donors (Lipinski definition) is 1. The SMILES string of the molecule is Cc1ccc(Br)cc1C(N)c1c(C)c(C)c(C)c(C)c1C. The Hall–Kier alpha value is -1.12. The van der Waals surface area contributed by atoms with Crippen molar-refractivity contribution in [3.05, 3.63) is 67.2 Å². The second-order valence-corrected chi connectivity index (χ2v) is 6.93. The van der Waals surface area contributed by atoms with E-state index in [1.807, 2.05) is 0 Å². The Labute approximate surface area is 136 Å². The van der Waals surface area contributed by atoms with E-state index >= 15 is 0 Å². The van der Waals surface area contributed by atoms with Crippen molar-refractivity contribution in [3.8, 4) is 0 Å². The molecular weight excluding hydrogens is 322 g/mol. The molecule has 1 unspecified atom stereocenters. The van der Waals surface area contributed by atoms with Crippen LogP contribution in [0.15, 0.2) is 22.7 Å². The molecule has 2 rings (SSSR count). The highest BCUT2D eigenvalue weighted by Gasteiger charge is 2.20. The second kappa shape index (κ2) is 5.94. The fourth-order valence-corrected chi connectivity index (χ4v) is 3.48. The van der Waals surface area contributed by atoms with Crippen LogP contribution in [-0.2, 0) is 0 Å². The van der Waals surface area contributed by atoms with Crippen molar-refractivity contribution in [3.63, 3.8) is 0 Å². The first-order valence-electron chi connectivity index (χ1n) is 7.34. The van der Waals surface area contributed by atoms with Crippen molar-refractivity contribution >= 4 is 15.9 Å². The lowest BCUT2D eigenvalue weighted by molar-refractivity contribution is 0.834. The van der Waals surface area contributed by atoms with Crippen molar-refractivity contribution in [1.82, 2.24) is 0 Å². The molecule has 2 N–H and O–H groups in total. The summed E-state index contributed by atoms with van der Waals surface area (Å²) in [6.07, 6.45) is 0. The van der Waals surface area contributed by atoms with E-state index in [2.05, 4.69) is 75.7 Å². The zero-order chi connectivity index (χ0) is 15.9. The van der Waals surface area contributed by atoms with Crippen LogP contribution in [-0.4, -0.2) is 0 Å². The number of halogens is 1. The van der Waals surface area contributed by atoms with Gasteiger partial charge < -0.3 is 5.73 Å². The Morgan fingerprint density at radius 3 is 1.81 bits per heavy atom. The normalized spacial score (nSPS) is 12.6. The van der Waals surface area contributed by atoms with Gasteiger partial charge in [0, 0.05) is 4.47 Å². The van der Waals surface area contributed by atoms with Crippen LogP contribution >= 0.6 is 15.9 Å². The molecule has 21 heavy (non-hydrogen) atoms. The highest BCUT2D eigenvalue weighted by molar-refractivity contribution is 9.10. The summed E-state index contributed by atoms with van der Waals surface area (Å²) in [6.45, 7) is 13.1. The van der Waals surface area contributed by atoms with Crippen molar-refractivity contribution in [2.75, 3.05) is 0 Å². The highest BCUT2D eigenvalue weighted by Crippen LogP contribution is 2.34. The van der Waals surface area contributed by atoms with Gasteiger partial charge in [-0.25, -0.2) is 0 Å². The molecular formula is C19H24BrN. The maximum Gasteiger partial charge on any atom is 0.0560 e. The molecule has 0 aromatic heterocycles. The van der Waals surface area contributed by atoms with Gasteiger partial charge in [-0.15, -0.1) is 0 Å². The maximum atomic E-state index is 6.65. The Bertz CT molecular complexity index is 672. The Morgan fingerprint density at radius 2 is 1.29 bits per heavy atom. The standard InChI is InChI=1S/C19H24BrN/c1-10-7-8-16(20)9-17(10)19(21)18-14(5)12(3)11(2)13(4)15(18)6/h7-9,19H,21H2,1-6H3. The highest BCUT2D eigenvalue weighted by atomic mass is 79.9. The first-order valence-corrected chi connectivity index (χ1v) is 8.13. The van der Waals surface area contributed by atoms with E-state index in [1.165, 1.54) is 44.5 Å². The summed E-state index contributed by atoms with van der Waals surface area (Å²) in [5, 5.41) is 0. The first kappa shape index (κ1) is 16.3. The molecule has 0 amide bonds. The first-order chi connectivity index (χ1) is 9.75. The minimum absolute atomic E-state index is 0.0829. The Balaban J connectivity index is 2.69. The monoisotopic (exact) mass is 345 g/mol. The number of hydrogen-bond acceptors (Lipinski definition) is 1. The van der Waals surface area contributed by atoms with E-state index in [9.17, 15) is 0 Å². The molecule has 0 saturated carbocycles. The smallest absolute Gasteiger partial charge is 0.0560 e. The predicted molar refractivity (Wildman–Crippen MR) is 95.0 cm³/mol. The van der Waals surface area contributed by atoms with Crippen molar-refractivity contribution < 1.29 is 0 Å². The van der Waals surface area contributed by atoms with Gasteiger partial charge >= 0.3 is 0 Å². The number of rotatable bonds is 2. The van der Waals surface area contributed by atoms with E-state index in [-0.39, 0.29) is 6.04 Å². The van der Waals surface area contributed by atoms with Gasteiger partial charge in [-0.1, -0.05) is 22.0 Å². The number of aryl methyl sites for hydroxylation is 1. The lowest BCUT2D eigenvalue weighted by Crippen LogP contribution is -2.18. The van der Waals surface area contributed by atoms with Gasteiger partial charge in [0.15, 0.2) is 0 Å². The molecule has 0 aliphatic heterocycles. The summed E-state index contributed by atoms with van der Waals surface area (Å²) in [5.41, 5.74) is 17.1. The van der Waals surface area contributed by atoms with Gasteiger partial charge in [-0.2, -0.15) is 0 Å². The van der Waals surface area contributed by atoms with Gasteiger partial charge in [0.25, 0.3) is 0 Å². The molecule has 0 spiro atoms. The fraction of sp³-hybridized carbons (Fsp3) is 0.368. The van der Waals surface area contributed by atoms with Crippen LogP contribution in [0, 0.1) is 41.5 Å². The van der Waals surface area contributed by atoms with Gasteiger partial charge in [0.05, 0.1) is 6.04 Å². The van der Waals surface area contributed by atoms with Crippen LogP contribution in [0.25, 0.3) is 0 Å². The molecule has 2 aromatic carbocycles. The lowest BCUT2D eigenvalue weighted by Gasteiger charge is -2.24. The van der Waals surface area contributed by atoms with E-state index < -0.39 is 0 Å². The third-order valence-electron chi connectivity index (χ3n) is 4.95. The van der Waals surface area contributed by atoms with E-state index in [0.29, 0.717) is 0 Å². The second-order valence-electron chi connectivity index (χ2n) is 6.02. The minimum Gasteiger partial charge on any atom is -0.320 e. The maximum absolute atomic E-state index is 6.65. The Morgan fingerprint density at radius 1 is 0.810 bits per heavy atom.